The monoisotopic (exact) mass is 458 g/mol. The Hall–Kier alpha value is -1.02. The number of aliphatic imine (C=N–C) groups is 1. The molecule has 1 aromatic rings. The number of guanidine groups is 1. The fraction of sp³-hybridized carbons (Fsp3) is 0.632. The predicted molar refractivity (Wildman–Crippen MR) is 115 cm³/mol. The molecular weight excluding hydrogens is 427 g/mol. The van der Waals surface area contributed by atoms with Crippen LogP contribution in [0.15, 0.2) is 35.3 Å². The zero-order valence-electron chi connectivity index (χ0n) is 15.3. The third-order valence-corrected chi connectivity index (χ3v) is 4.89. The summed E-state index contributed by atoms with van der Waals surface area (Å²) < 4.78 is 5.92. The maximum atomic E-state index is 5.92. The van der Waals surface area contributed by atoms with E-state index >= 15 is 0 Å². The van der Waals surface area contributed by atoms with Gasteiger partial charge in [-0.25, -0.2) is 0 Å². The summed E-state index contributed by atoms with van der Waals surface area (Å²) in [4.78, 5) is 7.02. The van der Waals surface area contributed by atoms with Gasteiger partial charge in [-0.1, -0.05) is 18.2 Å². The van der Waals surface area contributed by atoms with E-state index in [2.05, 4.69) is 59.8 Å². The molecule has 2 saturated heterocycles. The van der Waals surface area contributed by atoms with Gasteiger partial charge in [0.15, 0.2) is 5.96 Å². The van der Waals surface area contributed by atoms with Crippen molar-refractivity contribution in [2.45, 2.75) is 50.9 Å². The summed E-state index contributed by atoms with van der Waals surface area (Å²) in [6, 6.07) is 10.9. The average Bonchev–Trinajstić information content (AvgIpc) is 3.22. The Kier molecular flexibility index (Phi) is 8.29. The quantitative estimate of drug-likeness (QED) is 0.286. The number of para-hydroxylation sites is 1. The standard InChI is InChI=1S/C19H30N4O.HI/c1-3-20-19(22-17-14-16-10-11-18(17)24-16)21-12-7-13-23(2)15-8-5-4-6-9-15;/h4-6,8-9,16-18H,3,7,10-14H2,1-2H3,(H2,20,21,22);1H. The van der Waals surface area contributed by atoms with E-state index < -0.39 is 0 Å². The van der Waals surface area contributed by atoms with Crippen molar-refractivity contribution < 1.29 is 4.74 Å². The summed E-state index contributed by atoms with van der Waals surface area (Å²) >= 11 is 0. The largest absolute Gasteiger partial charge is 0.375 e. The molecule has 3 rings (SSSR count). The molecule has 2 fully saturated rings. The van der Waals surface area contributed by atoms with Gasteiger partial charge in [0.2, 0.25) is 0 Å². The first-order chi connectivity index (χ1) is 11.8. The fourth-order valence-electron chi connectivity index (χ4n) is 3.60. The first kappa shape index (κ1) is 20.3. The van der Waals surface area contributed by atoms with Gasteiger partial charge in [-0.3, -0.25) is 4.99 Å². The first-order valence-corrected chi connectivity index (χ1v) is 9.22. The number of anilines is 1. The summed E-state index contributed by atoms with van der Waals surface area (Å²) in [5, 5.41) is 6.93. The molecule has 2 bridgehead atoms. The fourth-order valence-corrected chi connectivity index (χ4v) is 3.60. The van der Waals surface area contributed by atoms with Gasteiger partial charge < -0.3 is 20.3 Å². The molecule has 3 unspecified atom stereocenters. The number of nitrogens with one attached hydrogen (secondary N) is 2. The van der Waals surface area contributed by atoms with E-state index in [1.54, 1.807) is 0 Å². The molecule has 5 nitrogen and oxygen atoms in total. The zero-order chi connectivity index (χ0) is 16.8. The molecule has 0 aromatic heterocycles. The minimum Gasteiger partial charge on any atom is -0.375 e. The summed E-state index contributed by atoms with van der Waals surface area (Å²) in [5.74, 6) is 0.931. The highest BCUT2D eigenvalue weighted by Crippen LogP contribution is 2.34. The van der Waals surface area contributed by atoms with Gasteiger partial charge in [-0.15, -0.1) is 24.0 Å². The van der Waals surface area contributed by atoms with Crippen LogP contribution < -0.4 is 15.5 Å². The number of rotatable bonds is 7. The van der Waals surface area contributed by atoms with Crippen molar-refractivity contribution in [1.82, 2.24) is 10.6 Å². The topological polar surface area (TPSA) is 48.9 Å². The van der Waals surface area contributed by atoms with Crippen LogP contribution in [0.25, 0.3) is 0 Å². The van der Waals surface area contributed by atoms with Crippen LogP contribution in [0.2, 0.25) is 0 Å². The molecule has 1 aromatic carbocycles. The maximum Gasteiger partial charge on any atom is 0.191 e. The minimum atomic E-state index is 0. The Balaban J connectivity index is 0.00000225. The predicted octanol–water partition coefficient (Wildman–Crippen LogP) is 3.01. The molecule has 6 heteroatoms. The van der Waals surface area contributed by atoms with Gasteiger partial charge in [-0.05, 0) is 44.7 Å². The normalized spacial score (nSPS) is 24.7. The smallest absolute Gasteiger partial charge is 0.191 e. The highest BCUT2D eigenvalue weighted by Gasteiger charge is 2.41. The second-order valence-electron chi connectivity index (χ2n) is 6.73. The summed E-state index contributed by atoms with van der Waals surface area (Å²) in [6.45, 7) is 4.83. The van der Waals surface area contributed by atoms with E-state index in [4.69, 9.17) is 9.73 Å². The average molecular weight is 458 g/mol. The lowest BCUT2D eigenvalue weighted by Crippen LogP contribution is -2.47. The Labute approximate surface area is 168 Å². The third kappa shape index (κ3) is 5.74. The van der Waals surface area contributed by atoms with Crippen LogP contribution in [0.4, 0.5) is 5.69 Å². The Bertz CT molecular complexity index is 539. The molecule has 25 heavy (non-hydrogen) atoms. The summed E-state index contributed by atoms with van der Waals surface area (Å²) in [6.07, 6.45) is 5.41. The summed E-state index contributed by atoms with van der Waals surface area (Å²) in [7, 11) is 2.13. The highest BCUT2D eigenvalue weighted by molar-refractivity contribution is 14.0. The summed E-state index contributed by atoms with van der Waals surface area (Å²) in [5.41, 5.74) is 1.26. The van der Waals surface area contributed by atoms with Crippen LogP contribution >= 0.6 is 24.0 Å². The molecule has 140 valence electrons. The number of hydrogen-bond donors (Lipinski definition) is 2. The van der Waals surface area contributed by atoms with E-state index in [9.17, 15) is 0 Å². The Morgan fingerprint density at radius 2 is 2.08 bits per heavy atom. The molecule has 0 radical (unpaired) electrons. The first-order valence-electron chi connectivity index (χ1n) is 9.22. The number of ether oxygens (including phenoxy) is 1. The van der Waals surface area contributed by atoms with Crippen molar-refractivity contribution in [2.24, 2.45) is 4.99 Å². The molecule has 0 spiro atoms. The van der Waals surface area contributed by atoms with Crippen LogP contribution in [0, 0.1) is 0 Å². The van der Waals surface area contributed by atoms with Gasteiger partial charge in [-0.2, -0.15) is 0 Å². The molecule has 2 aliphatic heterocycles. The van der Waals surface area contributed by atoms with E-state index in [-0.39, 0.29) is 24.0 Å². The van der Waals surface area contributed by atoms with Crippen molar-refractivity contribution in [1.29, 1.82) is 0 Å². The van der Waals surface area contributed by atoms with E-state index in [0.717, 1.165) is 38.4 Å². The number of benzene rings is 1. The lowest BCUT2D eigenvalue weighted by Gasteiger charge is -2.23. The second-order valence-corrected chi connectivity index (χ2v) is 6.73. The molecule has 2 heterocycles. The van der Waals surface area contributed by atoms with E-state index in [1.807, 2.05) is 0 Å². The van der Waals surface area contributed by atoms with Crippen molar-refractivity contribution in [3.63, 3.8) is 0 Å². The molecule has 0 aliphatic carbocycles. The van der Waals surface area contributed by atoms with Gasteiger partial charge in [0.25, 0.3) is 0 Å². The molecule has 3 atom stereocenters. The third-order valence-electron chi connectivity index (χ3n) is 4.89. The maximum absolute atomic E-state index is 5.92. The van der Waals surface area contributed by atoms with Crippen molar-refractivity contribution in [2.75, 3.05) is 31.6 Å². The number of hydrogen-bond acceptors (Lipinski definition) is 3. The van der Waals surface area contributed by atoms with E-state index in [0.29, 0.717) is 18.2 Å². The molecule has 0 amide bonds. The molecule has 0 saturated carbocycles. The van der Waals surface area contributed by atoms with Crippen LogP contribution in [0.5, 0.6) is 0 Å². The van der Waals surface area contributed by atoms with Gasteiger partial charge in [0.05, 0.1) is 18.2 Å². The van der Waals surface area contributed by atoms with Gasteiger partial charge >= 0.3 is 0 Å². The van der Waals surface area contributed by atoms with Gasteiger partial charge in [0, 0.05) is 32.4 Å². The Morgan fingerprint density at radius 1 is 1.28 bits per heavy atom. The zero-order valence-corrected chi connectivity index (χ0v) is 17.6. The van der Waals surface area contributed by atoms with Crippen LogP contribution in [-0.2, 0) is 4.74 Å². The van der Waals surface area contributed by atoms with Crippen LogP contribution in [-0.4, -0.2) is 50.9 Å². The van der Waals surface area contributed by atoms with Crippen molar-refractivity contribution >= 4 is 35.6 Å². The SMILES string of the molecule is CCNC(=NCCCN(C)c1ccccc1)NC1CC2CCC1O2.I. The molecule has 2 N–H and O–H groups in total. The van der Waals surface area contributed by atoms with E-state index in [1.165, 1.54) is 18.5 Å². The number of halogens is 1. The van der Waals surface area contributed by atoms with Crippen molar-refractivity contribution in [3.05, 3.63) is 30.3 Å². The highest BCUT2D eigenvalue weighted by atomic mass is 127. The van der Waals surface area contributed by atoms with Crippen LogP contribution in [0.3, 0.4) is 0 Å². The van der Waals surface area contributed by atoms with Gasteiger partial charge in [0.1, 0.15) is 0 Å². The lowest BCUT2D eigenvalue weighted by molar-refractivity contribution is 0.0992. The van der Waals surface area contributed by atoms with Crippen LogP contribution in [0.1, 0.15) is 32.6 Å². The number of fused-ring (bicyclic) bond motifs is 2. The lowest BCUT2D eigenvalue weighted by atomic mass is 9.96. The molecule has 2 aliphatic rings. The second kappa shape index (κ2) is 10.2. The molecular formula is C19H31IN4O. The number of nitrogens with zero attached hydrogens (tertiary/aromatic N) is 2. The minimum absolute atomic E-state index is 0. The Morgan fingerprint density at radius 3 is 2.72 bits per heavy atom. The van der Waals surface area contributed by atoms with Crippen molar-refractivity contribution in [3.8, 4) is 0 Å².